The number of hydrogen-bond donors (Lipinski definition) is 2. The number of amidine groups is 1. The number of benzene rings is 3. The van der Waals surface area contributed by atoms with Gasteiger partial charge in [0.05, 0.1) is 12.1 Å². The smallest absolute Gasteiger partial charge is 0.267 e. The summed E-state index contributed by atoms with van der Waals surface area (Å²) in [7, 11) is -3.81. The largest absolute Gasteiger partial charge is 0.457 e. The molecule has 1 aliphatic rings. The Morgan fingerprint density at radius 1 is 0.971 bits per heavy atom. The van der Waals surface area contributed by atoms with Crippen molar-refractivity contribution in [1.29, 1.82) is 0 Å². The van der Waals surface area contributed by atoms with E-state index in [1.165, 1.54) is 0 Å². The van der Waals surface area contributed by atoms with Crippen LogP contribution in [-0.2, 0) is 16.4 Å². The van der Waals surface area contributed by atoms with Crippen molar-refractivity contribution < 1.29 is 23.0 Å². The fraction of sp³-hybridized carbons (Fsp3) is 0.120. The van der Waals surface area contributed by atoms with Gasteiger partial charge in [0.25, 0.3) is 10.0 Å². The molecule has 5 rings (SSSR count). The lowest BCUT2D eigenvalue weighted by molar-refractivity contribution is -0.440. The minimum Gasteiger partial charge on any atom is -0.457 e. The summed E-state index contributed by atoms with van der Waals surface area (Å²) < 4.78 is 39.0. The highest BCUT2D eigenvalue weighted by Crippen LogP contribution is 2.30. The van der Waals surface area contributed by atoms with Gasteiger partial charge in [0.1, 0.15) is 22.9 Å². The molecule has 0 unspecified atom stereocenters. The zero-order valence-corrected chi connectivity index (χ0v) is 19.5. The Hall–Kier alpha value is -3.95. The number of nitrogens with two attached hydrogens (primary N) is 1. The molecule has 1 aliphatic heterocycles. The van der Waals surface area contributed by atoms with Gasteiger partial charge in [0.15, 0.2) is 16.3 Å². The van der Waals surface area contributed by atoms with E-state index in [1.807, 2.05) is 66.0 Å². The van der Waals surface area contributed by atoms with Gasteiger partial charge in [-0.25, -0.2) is 8.42 Å². The SMILES string of the molecule is Cc1noc(C)c1S(=O)(=O)Nc1ccc2c(c1)N=C(Cc1ccc(Oc3ccccc3)cc1)[NH2+]2. The number of quaternary nitrogens is 1. The van der Waals surface area contributed by atoms with Crippen LogP contribution in [0.15, 0.2) is 87.2 Å². The predicted molar refractivity (Wildman–Crippen MR) is 129 cm³/mol. The standard InChI is InChI=1S/C25H22N4O4S/c1-16-25(17(2)33-28-16)34(30,31)29-19-10-13-22-23(15-19)27-24(26-22)14-18-8-11-21(12-9-18)32-20-6-4-3-5-7-20/h3-13,15,29H,14H2,1-2H3,(H,26,27)/p+1. The summed E-state index contributed by atoms with van der Waals surface area (Å²) in [5, 5.41) is 5.74. The molecule has 0 radical (unpaired) electrons. The number of aliphatic imine (C=N–C) groups is 1. The van der Waals surface area contributed by atoms with Crippen molar-refractivity contribution in [2.45, 2.75) is 25.2 Å². The fourth-order valence-electron chi connectivity index (χ4n) is 3.86. The van der Waals surface area contributed by atoms with Gasteiger partial charge >= 0.3 is 0 Å². The number of hydrogen-bond acceptors (Lipinski definition) is 6. The average Bonchev–Trinajstić information content (AvgIpc) is 3.37. The summed E-state index contributed by atoms with van der Waals surface area (Å²) in [5.41, 5.74) is 3.51. The fourth-order valence-corrected chi connectivity index (χ4v) is 5.24. The average molecular weight is 476 g/mol. The van der Waals surface area contributed by atoms with Gasteiger partial charge in [-0.15, -0.1) is 0 Å². The van der Waals surface area contributed by atoms with E-state index >= 15 is 0 Å². The normalized spacial score (nSPS) is 12.8. The van der Waals surface area contributed by atoms with E-state index in [0.717, 1.165) is 34.3 Å². The van der Waals surface area contributed by atoms with Gasteiger partial charge in [0, 0.05) is 6.07 Å². The van der Waals surface area contributed by atoms with Crippen molar-refractivity contribution in [2.75, 3.05) is 4.72 Å². The van der Waals surface area contributed by atoms with E-state index in [-0.39, 0.29) is 10.7 Å². The number of aromatic nitrogens is 1. The number of fused-ring (bicyclic) bond motifs is 1. The number of ether oxygens (including phenoxy) is 1. The maximum atomic E-state index is 12.8. The molecule has 2 heterocycles. The molecule has 0 fully saturated rings. The van der Waals surface area contributed by atoms with Crippen LogP contribution in [0.5, 0.6) is 11.5 Å². The summed E-state index contributed by atoms with van der Waals surface area (Å²) in [4.78, 5) is 4.75. The third-order valence-electron chi connectivity index (χ3n) is 5.39. The molecule has 3 N–H and O–H groups in total. The first-order valence-corrected chi connectivity index (χ1v) is 12.2. The lowest BCUT2D eigenvalue weighted by Crippen LogP contribution is -2.81. The number of para-hydroxylation sites is 1. The molecule has 0 atom stereocenters. The van der Waals surface area contributed by atoms with Gasteiger partial charge in [-0.1, -0.05) is 35.5 Å². The quantitative estimate of drug-likeness (QED) is 0.386. The Morgan fingerprint density at radius 2 is 1.71 bits per heavy atom. The molecular formula is C25H23N4O4S+. The van der Waals surface area contributed by atoms with Crippen molar-refractivity contribution in [1.82, 2.24) is 5.16 Å². The second kappa shape index (κ2) is 8.77. The molecular weight excluding hydrogens is 452 g/mol. The topological polar surface area (TPSA) is 110 Å². The van der Waals surface area contributed by atoms with Crippen LogP contribution in [0.4, 0.5) is 17.1 Å². The first-order valence-electron chi connectivity index (χ1n) is 10.7. The van der Waals surface area contributed by atoms with E-state index < -0.39 is 10.0 Å². The lowest BCUT2D eigenvalue weighted by atomic mass is 10.1. The minimum atomic E-state index is -3.81. The Kier molecular flexibility index (Phi) is 5.64. The summed E-state index contributed by atoms with van der Waals surface area (Å²) in [6.07, 6.45) is 0.653. The number of aryl methyl sites for hydroxylation is 2. The summed E-state index contributed by atoms with van der Waals surface area (Å²) in [5.74, 6) is 2.71. The molecule has 4 aromatic rings. The van der Waals surface area contributed by atoms with Crippen molar-refractivity contribution in [3.8, 4) is 11.5 Å². The molecule has 0 aliphatic carbocycles. The zero-order chi connectivity index (χ0) is 23.7. The van der Waals surface area contributed by atoms with Crippen LogP contribution < -0.4 is 14.8 Å². The highest BCUT2D eigenvalue weighted by molar-refractivity contribution is 7.92. The third-order valence-corrected chi connectivity index (χ3v) is 7.02. The van der Waals surface area contributed by atoms with E-state index in [2.05, 4.69) is 14.9 Å². The summed E-state index contributed by atoms with van der Waals surface area (Å²) >= 11 is 0. The number of anilines is 1. The second-order valence-electron chi connectivity index (χ2n) is 8.02. The molecule has 0 saturated heterocycles. The van der Waals surface area contributed by atoms with Crippen LogP contribution in [-0.4, -0.2) is 19.4 Å². The molecule has 1 aromatic heterocycles. The lowest BCUT2D eigenvalue weighted by Gasteiger charge is -2.07. The molecule has 0 amide bonds. The Bertz CT molecular complexity index is 1460. The molecule has 0 bridgehead atoms. The van der Waals surface area contributed by atoms with E-state index in [1.54, 1.807) is 26.0 Å². The summed E-state index contributed by atoms with van der Waals surface area (Å²) in [6.45, 7) is 3.17. The number of nitrogens with one attached hydrogen (secondary N) is 1. The van der Waals surface area contributed by atoms with Crippen molar-refractivity contribution in [3.05, 3.63) is 89.8 Å². The number of rotatable bonds is 7. The molecule has 0 saturated carbocycles. The second-order valence-corrected chi connectivity index (χ2v) is 9.63. The van der Waals surface area contributed by atoms with E-state index in [9.17, 15) is 8.42 Å². The number of sulfonamides is 1. The maximum absolute atomic E-state index is 12.8. The molecule has 8 nitrogen and oxygen atoms in total. The van der Waals surface area contributed by atoms with Crippen LogP contribution in [0.25, 0.3) is 0 Å². The molecule has 172 valence electrons. The Balaban J connectivity index is 1.28. The van der Waals surface area contributed by atoms with Crippen LogP contribution in [0.2, 0.25) is 0 Å². The first-order chi connectivity index (χ1) is 16.4. The van der Waals surface area contributed by atoms with Crippen LogP contribution in [0.3, 0.4) is 0 Å². The van der Waals surface area contributed by atoms with Crippen molar-refractivity contribution in [3.63, 3.8) is 0 Å². The van der Waals surface area contributed by atoms with E-state index in [0.29, 0.717) is 17.8 Å². The maximum Gasteiger partial charge on any atom is 0.267 e. The number of nitrogens with zero attached hydrogens (tertiary/aromatic N) is 2. The molecule has 0 spiro atoms. The monoisotopic (exact) mass is 475 g/mol. The van der Waals surface area contributed by atoms with Gasteiger partial charge in [-0.3, -0.25) is 10.0 Å². The van der Waals surface area contributed by atoms with Crippen molar-refractivity contribution in [2.24, 2.45) is 4.99 Å². The Labute approximate surface area is 197 Å². The van der Waals surface area contributed by atoms with Crippen LogP contribution in [0, 0.1) is 13.8 Å². The minimum absolute atomic E-state index is 0.0587. The highest BCUT2D eigenvalue weighted by atomic mass is 32.2. The molecule has 34 heavy (non-hydrogen) atoms. The van der Waals surface area contributed by atoms with Gasteiger partial charge in [-0.05, 0) is 55.8 Å². The summed E-state index contributed by atoms with van der Waals surface area (Å²) in [6, 6.07) is 22.8. The van der Waals surface area contributed by atoms with Crippen molar-refractivity contribution >= 4 is 32.9 Å². The Morgan fingerprint density at radius 3 is 2.41 bits per heavy atom. The molecule has 3 aromatic carbocycles. The zero-order valence-electron chi connectivity index (χ0n) is 18.6. The van der Waals surface area contributed by atoms with Gasteiger partial charge in [-0.2, -0.15) is 4.99 Å². The highest BCUT2D eigenvalue weighted by Gasteiger charge is 2.26. The first kappa shape index (κ1) is 21.9. The van der Waals surface area contributed by atoms with Gasteiger partial charge in [0.2, 0.25) is 5.84 Å². The van der Waals surface area contributed by atoms with E-state index in [4.69, 9.17) is 9.26 Å². The molecule has 9 heteroatoms. The third kappa shape index (κ3) is 4.57. The van der Waals surface area contributed by atoms with Gasteiger partial charge < -0.3 is 9.26 Å². The van der Waals surface area contributed by atoms with Crippen LogP contribution in [0.1, 0.15) is 17.0 Å². The van der Waals surface area contributed by atoms with Crippen LogP contribution >= 0.6 is 0 Å². The predicted octanol–water partition coefficient (Wildman–Crippen LogP) is 4.37.